The molecule has 20 nitrogen and oxygen atoms in total. The van der Waals surface area contributed by atoms with Crippen LogP contribution < -0.4 is 0 Å². The molecule has 0 spiro atoms. The predicted octanol–water partition coefficient (Wildman–Crippen LogP) is 3.13. The molecule has 0 saturated heterocycles. The molecule has 0 atom stereocenters. The maximum Gasteiger partial charge on any atom is 0.387 e. The summed E-state index contributed by atoms with van der Waals surface area (Å²) in [6.07, 6.45) is 0. The minimum absolute atomic E-state index is 0.351. The summed E-state index contributed by atoms with van der Waals surface area (Å²) in [6.45, 7) is 0. The van der Waals surface area contributed by atoms with Crippen molar-refractivity contribution in [3.63, 3.8) is 0 Å². The van der Waals surface area contributed by atoms with E-state index < -0.39 is 104 Å². The first-order chi connectivity index (χ1) is 22.6. The van der Waals surface area contributed by atoms with E-state index in [2.05, 4.69) is 0 Å². The van der Waals surface area contributed by atoms with E-state index >= 15 is 0 Å². The summed E-state index contributed by atoms with van der Waals surface area (Å²) < 4.78 is 112. The standard InChI is InChI=1S/C25H16N4O16S4/c30-26(31)17-1-9-21(10-2-17)46(38,39)25(47(40,41)22-11-3-18(4-12-22)27(32)33,48(42,43)23-13-5-19(6-14-23)28(34)35)49(44,45)24-15-7-20(8-16-24)29(36)37/h1-16H. The molecule has 0 unspecified atom stereocenters. The minimum Gasteiger partial charge on any atom is -0.258 e. The molecular weight excluding hydrogens is 741 g/mol. The van der Waals surface area contributed by atoms with Crippen molar-refractivity contribution in [1.29, 1.82) is 0 Å². The van der Waals surface area contributed by atoms with Crippen molar-refractivity contribution in [3.05, 3.63) is 138 Å². The second kappa shape index (κ2) is 12.4. The Morgan fingerprint density at radius 1 is 0.327 bits per heavy atom. The summed E-state index contributed by atoms with van der Waals surface area (Å²) in [5.74, 6) is 0. The average molecular weight is 757 g/mol. The first kappa shape index (κ1) is 36.1. The Labute approximate surface area is 274 Å². The SMILES string of the molecule is O=[N+]([O-])c1ccc(S(=O)(=O)C(S(=O)(=O)c2ccc([N+](=O)[O-])cc2)(S(=O)(=O)c2ccc([N+](=O)[O-])cc2)S(=O)(=O)c2ccc([N+](=O)[O-])cc2)cc1. The first-order valence-corrected chi connectivity index (χ1v) is 18.5. The number of benzene rings is 4. The Morgan fingerprint density at radius 2 is 0.469 bits per heavy atom. The van der Waals surface area contributed by atoms with Crippen molar-refractivity contribution in [1.82, 2.24) is 0 Å². The van der Waals surface area contributed by atoms with Crippen LogP contribution in [0.25, 0.3) is 0 Å². The van der Waals surface area contributed by atoms with Crippen molar-refractivity contribution in [2.75, 3.05) is 0 Å². The number of nitrogens with zero attached hydrogens (tertiary/aromatic N) is 4. The van der Waals surface area contributed by atoms with Gasteiger partial charge in [-0.2, -0.15) is 0 Å². The van der Waals surface area contributed by atoms with Crippen molar-refractivity contribution < 1.29 is 53.4 Å². The predicted molar refractivity (Wildman–Crippen MR) is 164 cm³/mol. The van der Waals surface area contributed by atoms with Gasteiger partial charge in [-0.05, 0) is 48.5 Å². The van der Waals surface area contributed by atoms with Crippen molar-refractivity contribution in [2.45, 2.75) is 22.3 Å². The Bertz CT molecular complexity index is 2110. The molecule has 0 amide bonds. The van der Waals surface area contributed by atoms with Gasteiger partial charge in [-0.1, -0.05) is 0 Å². The zero-order valence-electron chi connectivity index (χ0n) is 23.7. The van der Waals surface area contributed by atoms with E-state index in [9.17, 15) is 74.1 Å². The van der Waals surface area contributed by atoms with Crippen molar-refractivity contribution in [3.8, 4) is 0 Å². The first-order valence-electron chi connectivity index (χ1n) is 12.6. The lowest BCUT2D eigenvalue weighted by Gasteiger charge is -2.32. The van der Waals surface area contributed by atoms with Crippen molar-refractivity contribution >= 4 is 62.1 Å². The molecule has 24 heteroatoms. The van der Waals surface area contributed by atoms with Gasteiger partial charge in [-0.15, -0.1) is 0 Å². The zero-order chi connectivity index (χ0) is 36.7. The molecular formula is C25H16N4O16S4. The van der Waals surface area contributed by atoms with Crippen LogP contribution in [0.1, 0.15) is 0 Å². The maximum absolute atomic E-state index is 14.7. The highest BCUT2D eigenvalue weighted by Gasteiger charge is 2.75. The van der Waals surface area contributed by atoms with Gasteiger partial charge in [0, 0.05) is 48.5 Å². The number of non-ortho nitro benzene ring substituents is 4. The van der Waals surface area contributed by atoms with Gasteiger partial charge < -0.3 is 0 Å². The molecule has 4 aromatic carbocycles. The van der Waals surface area contributed by atoms with Crippen LogP contribution in [0.4, 0.5) is 22.7 Å². The van der Waals surface area contributed by atoms with E-state index in [-0.39, 0.29) is 0 Å². The van der Waals surface area contributed by atoms with Gasteiger partial charge >= 0.3 is 2.74 Å². The fraction of sp³-hybridized carbons (Fsp3) is 0.0400. The molecule has 0 bridgehead atoms. The number of rotatable bonds is 12. The molecule has 0 saturated carbocycles. The largest absolute Gasteiger partial charge is 0.387 e. The number of hydrogen-bond donors (Lipinski definition) is 0. The van der Waals surface area contributed by atoms with Gasteiger partial charge in [0.25, 0.3) is 22.7 Å². The van der Waals surface area contributed by atoms with Crippen LogP contribution in [0.15, 0.2) is 117 Å². The van der Waals surface area contributed by atoms with Crippen LogP contribution in [0.2, 0.25) is 0 Å². The number of sulfone groups is 4. The molecule has 0 aliphatic heterocycles. The molecule has 4 rings (SSSR count). The molecule has 49 heavy (non-hydrogen) atoms. The minimum atomic E-state index is -6.49. The van der Waals surface area contributed by atoms with Gasteiger partial charge in [0.15, 0.2) is 0 Å². The van der Waals surface area contributed by atoms with E-state index in [1.54, 1.807) is 0 Å². The summed E-state index contributed by atoms with van der Waals surface area (Å²) in [6, 6.07) is 6.76. The summed E-state index contributed by atoms with van der Waals surface area (Å²) >= 11 is 0. The van der Waals surface area contributed by atoms with Crippen LogP contribution >= 0.6 is 0 Å². The Balaban J connectivity index is 2.30. The summed E-state index contributed by atoms with van der Waals surface area (Å²) in [4.78, 5) is 35.3. The molecule has 0 aliphatic carbocycles. The lowest BCUT2D eigenvalue weighted by molar-refractivity contribution is -0.385. The smallest absolute Gasteiger partial charge is 0.258 e. The molecule has 0 fully saturated rings. The normalized spacial score (nSPS) is 12.6. The third kappa shape index (κ3) is 5.64. The number of nitro groups is 4. The summed E-state index contributed by atoms with van der Waals surface area (Å²) in [5, 5.41) is 45.0. The lowest BCUT2D eigenvalue weighted by Crippen LogP contribution is -2.58. The van der Waals surface area contributed by atoms with Gasteiger partial charge in [0.05, 0.1) is 39.3 Å². The molecule has 0 N–H and O–H groups in total. The second-order valence-electron chi connectivity index (χ2n) is 9.52. The fourth-order valence-electron chi connectivity index (χ4n) is 4.43. The highest BCUT2D eigenvalue weighted by atomic mass is 32.4. The zero-order valence-corrected chi connectivity index (χ0v) is 27.0. The quantitative estimate of drug-likeness (QED) is 0.148. The van der Waals surface area contributed by atoms with E-state index in [1.807, 2.05) is 0 Å². The highest BCUT2D eigenvalue weighted by Crippen LogP contribution is 2.50. The Hall–Kier alpha value is -5.72. The third-order valence-corrected chi connectivity index (χ3v) is 20.9. The molecule has 256 valence electrons. The number of hydrogen-bond acceptors (Lipinski definition) is 16. The maximum atomic E-state index is 14.7. The van der Waals surface area contributed by atoms with Crippen LogP contribution in [0, 0.1) is 40.5 Å². The molecule has 0 radical (unpaired) electrons. The van der Waals surface area contributed by atoms with Gasteiger partial charge in [0.2, 0.25) is 39.3 Å². The molecule has 0 aromatic heterocycles. The molecule has 4 aromatic rings. The van der Waals surface area contributed by atoms with Crippen molar-refractivity contribution in [2.24, 2.45) is 0 Å². The van der Waals surface area contributed by atoms with Crippen LogP contribution in [0.5, 0.6) is 0 Å². The Kier molecular flexibility index (Phi) is 9.13. The summed E-state index contributed by atoms with van der Waals surface area (Å²) in [7, 11) is -26.0. The number of nitro benzene ring substituents is 4. The van der Waals surface area contributed by atoms with E-state index in [1.165, 1.54) is 0 Å². The fourth-order valence-corrected chi connectivity index (χ4v) is 18.0. The van der Waals surface area contributed by atoms with E-state index in [0.717, 1.165) is 0 Å². The second-order valence-corrected chi connectivity index (χ2v) is 19.4. The molecule has 0 heterocycles. The van der Waals surface area contributed by atoms with Gasteiger partial charge in [0.1, 0.15) is 0 Å². The average Bonchev–Trinajstić information content (AvgIpc) is 3.04. The third-order valence-electron chi connectivity index (χ3n) is 6.75. The van der Waals surface area contributed by atoms with E-state index in [4.69, 9.17) is 0 Å². The van der Waals surface area contributed by atoms with Crippen LogP contribution in [-0.4, -0.2) is 56.1 Å². The Morgan fingerprint density at radius 3 is 0.592 bits per heavy atom. The van der Waals surface area contributed by atoms with Gasteiger partial charge in [-0.3, -0.25) is 40.5 Å². The van der Waals surface area contributed by atoms with Gasteiger partial charge in [-0.25, -0.2) is 33.7 Å². The van der Waals surface area contributed by atoms with Crippen LogP contribution in [0.3, 0.4) is 0 Å². The summed E-state index contributed by atoms with van der Waals surface area (Å²) in [5.41, 5.74) is -3.17. The van der Waals surface area contributed by atoms with Crippen LogP contribution in [-0.2, 0) is 39.3 Å². The monoisotopic (exact) mass is 756 g/mol. The molecule has 0 aliphatic rings. The lowest BCUT2D eigenvalue weighted by atomic mass is 10.3. The highest BCUT2D eigenvalue weighted by molar-refractivity contribution is 8.39. The van der Waals surface area contributed by atoms with E-state index in [0.29, 0.717) is 97.1 Å². The topological polar surface area (TPSA) is 309 Å².